The van der Waals surface area contributed by atoms with Crippen LogP contribution in [0, 0.1) is 5.92 Å². The smallest absolute Gasteiger partial charge is 0.0958 e. The Bertz CT molecular complexity index is 489. The van der Waals surface area contributed by atoms with Gasteiger partial charge in [-0.15, -0.1) is 0 Å². The molecule has 1 N–H and O–H groups in total. The molecule has 1 heterocycles. The second-order valence-electron chi connectivity index (χ2n) is 5.38. The molecule has 1 unspecified atom stereocenters. The van der Waals surface area contributed by atoms with E-state index in [2.05, 4.69) is 46.9 Å². The predicted molar refractivity (Wildman–Crippen MR) is 81.3 cm³/mol. The van der Waals surface area contributed by atoms with E-state index in [0.29, 0.717) is 0 Å². The van der Waals surface area contributed by atoms with Crippen molar-refractivity contribution in [2.75, 3.05) is 13.1 Å². The molecule has 0 aliphatic rings. The SMILES string of the molecule is CCCC(C)CNCCCn1cnc2ccccc21. The summed E-state index contributed by atoms with van der Waals surface area (Å²) in [6.07, 6.45) is 5.70. The molecule has 0 radical (unpaired) electrons. The van der Waals surface area contributed by atoms with E-state index in [-0.39, 0.29) is 0 Å². The summed E-state index contributed by atoms with van der Waals surface area (Å²) < 4.78 is 2.24. The number of benzene rings is 1. The first-order valence-corrected chi connectivity index (χ1v) is 7.42. The van der Waals surface area contributed by atoms with Crippen molar-refractivity contribution in [3.8, 4) is 0 Å². The topological polar surface area (TPSA) is 29.9 Å². The number of nitrogens with one attached hydrogen (secondary N) is 1. The summed E-state index contributed by atoms with van der Waals surface area (Å²) in [6.45, 7) is 7.83. The second kappa shape index (κ2) is 7.29. The van der Waals surface area contributed by atoms with Gasteiger partial charge in [0, 0.05) is 6.54 Å². The first-order valence-electron chi connectivity index (χ1n) is 7.42. The maximum atomic E-state index is 4.41. The van der Waals surface area contributed by atoms with Crippen LogP contribution in [0.4, 0.5) is 0 Å². The van der Waals surface area contributed by atoms with E-state index >= 15 is 0 Å². The molecule has 0 saturated heterocycles. The zero-order valence-electron chi connectivity index (χ0n) is 12.1. The van der Waals surface area contributed by atoms with Gasteiger partial charge in [0.05, 0.1) is 17.4 Å². The van der Waals surface area contributed by atoms with Crippen LogP contribution in [0.3, 0.4) is 0 Å². The molecule has 0 amide bonds. The van der Waals surface area contributed by atoms with E-state index in [1.165, 1.54) is 18.4 Å². The number of imidazole rings is 1. The standard InChI is InChI=1S/C16H25N3/c1-3-7-14(2)12-17-10-6-11-19-13-18-15-8-4-5-9-16(15)19/h4-5,8-9,13-14,17H,3,6-7,10-12H2,1-2H3. The number of nitrogens with zero attached hydrogens (tertiary/aromatic N) is 2. The van der Waals surface area contributed by atoms with Crippen molar-refractivity contribution < 1.29 is 0 Å². The van der Waals surface area contributed by atoms with Crippen LogP contribution < -0.4 is 5.32 Å². The Hall–Kier alpha value is -1.35. The monoisotopic (exact) mass is 259 g/mol. The number of para-hydroxylation sites is 2. The minimum atomic E-state index is 0.791. The predicted octanol–water partition coefficient (Wildman–Crippen LogP) is 3.45. The lowest BCUT2D eigenvalue weighted by molar-refractivity contribution is 0.466. The quantitative estimate of drug-likeness (QED) is 0.736. The van der Waals surface area contributed by atoms with Crippen molar-refractivity contribution in [3.63, 3.8) is 0 Å². The maximum Gasteiger partial charge on any atom is 0.0958 e. The molecule has 0 aliphatic heterocycles. The number of hydrogen-bond acceptors (Lipinski definition) is 2. The maximum absolute atomic E-state index is 4.41. The van der Waals surface area contributed by atoms with Gasteiger partial charge in [-0.05, 0) is 44.0 Å². The van der Waals surface area contributed by atoms with Crippen molar-refractivity contribution in [1.29, 1.82) is 0 Å². The third-order valence-electron chi connectivity index (χ3n) is 3.55. The largest absolute Gasteiger partial charge is 0.331 e. The van der Waals surface area contributed by atoms with Crippen LogP contribution in [-0.4, -0.2) is 22.6 Å². The van der Waals surface area contributed by atoms with Crippen LogP contribution in [0.5, 0.6) is 0 Å². The molecule has 1 aromatic heterocycles. The zero-order chi connectivity index (χ0) is 13.5. The highest BCUT2D eigenvalue weighted by molar-refractivity contribution is 5.74. The van der Waals surface area contributed by atoms with E-state index in [4.69, 9.17) is 0 Å². The minimum Gasteiger partial charge on any atom is -0.331 e. The van der Waals surface area contributed by atoms with Crippen molar-refractivity contribution >= 4 is 11.0 Å². The Morgan fingerprint density at radius 1 is 1.32 bits per heavy atom. The number of aromatic nitrogens is 2. The van der Waals surface area contributed by atoms with Gasteiger partial charge < -0.3 is 9.88 Å². The van der Waals surface area contributed by atoms with E-state index < -0.39 is 0 Å². The molecule has 3 nitrogen and oxygen atoms in total. The van der Waals surface area contributed by atoms with Crippen LogP contribution in [0.2, 0.25) is 0 Å². The Balaban J connectivity index is 1.71. The van der Waals surface area contributed by atoms with Crippen LogP contribution in [0.1, 0.15) is 33.1 Å². The molecule has 0 saturated carbocycles. The molecule has 1 atom stereocenters. The summed E-state index contributed by atoms with van der Waals surface area (Å²) in [6, 6.07) is 8.32. The van der Waals surface area contributed by atoms with Gasteiger partial charge in [0.25, 0.3) is 0 Å². The Kier molecular flexibility index (Phi) is 5.40. The fourth-order valence-corrected chi connectivity index (χ4v) is 2.51. The van der Waals surface area contributed by atoms with Crippen LogP contribution in [-0.2, 0) is 6.54 Å². The summed E-state index contributed by atoms with van der Waals surface area (Å²) in [5.41, 5.74) is 2.33. The summed E-state index contributed by atoms with van der Waals surface area (Å²) in [5, 5.41) is 3.55. The lowest BCUT2D eigenvalue weighted by Gasteiger charge is -2.11. The molecule has 2 rings (SSSR count). The van der Waals surface area contributed by atoms with Gasteiger partial charge in [-0.3, -0.25) is 0 Å². The van der Waals surface area contributed by atoms with Crippen molar-refractivity contribution in [2.45, 2.75) is 39.7 Å². The number of fused-ring (bicyclic) bond motifs is 1. The first kappa shape index (κ1) is 14.1. The highest BCUT2D eigenvalue weighted by Crippen LogP contribution is 2.11. The highest BCUT2D eigenvalue weighted by Gasteiger charge is 2.02. The number of rotatable bonds is 8. The van der Waals surface area contributed by atoms with Crippen molar-refractivity contribution in [3.05, 3.63) is 30.6 Å². The van der Waals surface area contributed by atoms with Gasteiger partial charge in [-0.2, -0.15) is 0 Å². The summed E-state index contributed by atoms with van der Waals surface area (Å²) in [4.78, 5) is 4.41. The van der Waals surface area contributed by atoms with E-state index in [1.807, 2.05) is 12.4 Å². The average molecular weight is 259 g/mol. The minimum absolute atomic E-state index is 0.791. The van der Waals surface area contributed by atoms with Crippen LogP contribution in [0.15, 0.2) is 30.6 Å². The third-order valence-corrected chi connectivity index (χ3v) is 3.55. The van der Waals surface area contributed by atoms with Gasteiger partial charge in [0.1, 0.15) is 0 Å². The lowest BCUT2D eigenvalue weighted by Crippen LogP contribution is -2.23. The van der Waals surface area contributed by atoms with Crippen LogP contribution in [0.25, 0.3) is 11.0 Å². The van der Waals surface area contributed by atoms with Gasteiger partial charge in [-0.1, -0.05) is 32.4 Å². The Morgan fingerprint density at radius 3 is 3.00 bits per heavy atom. The van der Waals surface area contributed by atoms with Gasteiger partial charge in [0.15, 0.2) is 0 Å². The van der Waals surface area contributed by atoms with Gasteiger partial charge in [0.2, 0.25) is 0 Å². The van der Waals surface area contributed by atoms with Gasteiger partial charge >= 0.3 is 0 Å². The fourth-order valence-electron chi connectivity index (χ4n) is 2.51. The number of aryl methyl sites for hydroxylation is 1. The van der Waals surface area contributed by atoms with Crippen molar-refractivity contribution in [2.24, 2.45) is 5.92 Å². The Labute approximate surface area is 116 Å². The van der Waals surface area contributed by atoms with Gasteiger partial charge in [-0.25, -0.2) is 4.98 Å². The molecular formula is C16H25N3. The summed E-state index contributed by atoms with van der Waals surface area (Å²) in [7, 11) is 0. The Morgan fingerprint density at radius 2 is 2.16 bits per heavy atom. The zero-order valence-corrected chi connectivity index (χ0v) is 12.1. The molecule has 1 aromatic carbocycles. The molecule has 3 heteroatoms. The van der Waals surface area contributed by atoms with E-state index in [1.54, 1.807) is 0 Å². The van der Waals surface area contributed by atoms with Crippen LogP contribution >= 0.6 is 0 Å². The summed E-state index contributed by atoms with van der Waals surface area (Å²) in [5.74, 6) is 0.791. The summed E-state index contributed by atoms with van der Waals surface area (Å²) >= 11 is 0. The molecule has 19 heavy (non-hydrogen) atoms. The van der Waals surface area contributed by atoms with E-state index in [0.717, 1.165) is 37.5 Å². The third kappa shape index (κ3) is 4.06. The van der Waals surface area contributed by atoms with E-state index in [9.17, 15) is 0 Å². The van der Waals surface area contributed by atoms with Crippen molar-refractivity contribution in [1.82, 2.24) is 14.9 Å². The molecule has 0 spiro atoms. The average Bonchev–Trinajstić information content (AvgIpc) is 2.82. The molecule has 0 fully saturated rings. The fraction of sp³-hybridized carbons (Fsp3) is 0.562. The lowest BCUT2D eigenvalue weighted by atomic mass is 10.1. The molecule has 0 aliphatic carbocycles. The highest BCUT2D eigenvalue weighted by atomic mass is 15.0. The molecule has 2 aromatic rings. The molecule has 0 bridgehead atoms. The normalized spacial score (nSPS) is 12.9. The second-order valence-corrected chi connectivity index (χ2v) is 5.38. The number of hydrogen-bond donors (Lipinski definition) is 1. The molecular weight excluding hydrogens is 234 g/mol. The molecule has 104 valence electrons. The first-order chi connectivity index (χ1) is 9.31.